The molecular weight excluding hydrogens is 433 g/mol. The van der Waals surface area contributed by atoms with Crippen molar-refractivity contribution in [1.82, 2.24) is 9.88 Å². The fraction of sp³-hybridized carbons (Fsp3) is 0.130. The van der Waals surface area contributed by atoms with Gasteiger partial charge in [-0.2, -0.15) is 0 Å². The molecule has 162 valence electrons. The highest BCUT2D eigenvalue weighted by Crippen LogP contribution is 2.27. The minimum absolute atomic E-state index is 0.0167. The van der Waals surface area contributed by atoms with E-state index in [0.717, 1.165) is 21.9 Å². The van der Waals surface area contributed by atoms with Gasteiger partial charge in [-0.05, 0) is 49.5 Å². The van der Waals surface area contributed by atoms with Crippen LogP contribution in [0.5, 0.6) is 0 Å². The van der Waals surface area contributed by atoms with E-state index >= 15 is 0 Å². The highest BCUT2D eigenvalue weighted by molar-refractivity contribution is 7.80. The number of nitrogens with one attached hydrogen (secondary N) is 1. The highest BCUT2D eigenvalue weighted by Gasteiger charge is 2.34. The van der Waals surface area contributed by atoms with Crippen molar-refractivity contribution in [3.63, 3.8) is 0 Å². The second kappa shape index (κ2) is 8.72. The first-order valence-electron chi connectivity index (χ1n) is 9.79. The van der Waals surface area contributed by atoms with Gasteiger partial charge in [-0.15, -0.1) is 0 Å². The summed E-state index contributed by atoms with van der Waals surface area (Å²) < 4.78 is 20.4. The summed E-state index contributed by atoms with van der Waals surface area (Å²) in [6.45, 7) is 1.97. The predicted octanol–water partition coefficient (Wildman–Crippen LogP) is 3.17. The highest BCUT2D eigenvalue weighted by atomic mass is 32.1. The van der Waals surface area contributed by atoms with Gasteiger partial charge in [-0.1, -0.05) is 24.3 Å². The Morgan fingerprint density at radius 2 is 1.97 bits per heavy atom. The van der Waals surface area contributed by atoms with E-state index in [9.17, 15) is 18.8 Å². The molecule has 0 radical (unpaired) electrons. The molecule has 2 amide bonds. The number of carbonyl (C=O) groups excluding carboxylic acids is 3. The van der Waals surface area contributed by atoms with E-state index in [4.69, 9.17) is 17.0 Å². The van der Waals surface area contributed by atoms with E-state index in [1.54, 1.807) is 17.7 Å². The summed E-state index contributed by atoms with van der Waals surface area (Å²) in [5, 5.41) is 3.09. The number of hydrogen-bond acceptors (Lipinski definition) is 5. The van der Waals surface area contributed by atoms with Crippen LogP contribution in [0.25, 0.3) is 17.0 Å². The number of halogens is 1. The number of para-hydroxylation sites is 1. The minimum atomic E-state index is -0.674. The van der Waals surface area contributed by atoms with E-state index < -0.39 is 23.6 Å². The Kier molecular flexibility index (Phi) is 5.83. The zero-order valence-electron chi connectivity index (χ0n) is 17.0. The Balaban J connectivity index is 1.77. The second-order valence-corrected chi connectivity index (χ2v) is 7.36. The Morgan fingerprint density at radius 3 is 2.72 bits per heavy atom. The van der Waals surface area contributed by atoms with Gasteiger partial charge in [-0.3, -0.25) is 24.6 Å². The van der Waals surface area contributed by atoms with Crippen molar-refractivity contribution in [2.24, 2.45) is 0 Å². The molecule has 1 aliphatic rings. The van der Waals surface area contributed by atoms with Crippen LogP contribution in [0.15, 0.2) is 60.3 Å². The molecular formula is C23H18FN3O4S. The number of aromatic nitrogens is 1. The van der Waals surface area contributed by atoms with E-state index in [1.807, 2.05) is 24.3 Å². The molecule has 0 atom stereocenters. The molecule has 1 fully saturated rings. The fourth-order valence-corrected chi connectivity index (χ4v) is 3.81. The third-order valence-electron chi connectivity index (χ3n) is 4.89. The van der Waals surface area contributed by atoms with Gasteiger partial charge >= 0.3 is 5.97 Å². The molecule has 0 spiro atoms. The van der Waals surface area contributed by atoms with Gasteiger partial charge in [-0.25, -0.2) is 4.39 Å². The van der Waals surface area contributed by atoms with Crippen LogP contribution in [0.4, 0.5) is 10.1 Å². The van der Waals surface area contributed by atoms with Gasteiger partial charge in [0.2, 0.25) is 0 Å². The standard InChI is InChI=1S/C23H18FN3O4S/c1-2-31-20(28)13-26-12-14(17-8-3-4-9-19(17)26)10-18-21(29)25-23(32)27(22(18)30)16-7-5-6-15(24)11-16/h3-12H,2,13H2,1H3,(H,25,29,32)/b18-10-. The summed E-state index contributed by atoms with van der Waals surface area (Å²) in [5.41, 5.74) is 1.35. The van der Waals surface area contributed by atoms with Gasteiger partial charge < -0.3 is 9.30 Å². The van der Waals surface area contributed by atoms with Crippen molar-refractivity contribution in [3.8, 4) is 0 Å². The minimum Gasteiger partial charge on any atom is -0.465 e. The van der Waals surface area contributed by atoms with Crippen LogP contribution in [0, 0.1) is 5.82 Å². The third-order valence-corrected chi connectivity index (χ3v) is 5.18. The number of amides is 2. The molecule has 32 heavy (non-hydrogen) atoms. The van der Waals surface area contributed by atoms with E-state index in [2.05, 4.69) is 5.32 Å². The summed E-state index contributed by atoms with van der Waals surface area (Å²) in [6.07, 6.45) is 3.12. The number of fused-ring (bicyclic) bond motifs is 1. The van der Waals surface area contributed by atoms with Crippen LogP contribution in [0.2, 0.25) is 0 Å². The smallest absolute Gasteiger partial charge is 0.325 e. The maximum absolute atomic E-state index is 13.7. The first-order chi connectivity index (χ1) is 15.4. The zero-order chi connectivity index (χ0) is 22.8. The maximum Gasteiger partial charge on any atom is 0.325 e. The molecule has 9 heteroatoms. The lowest BCUT2D eigenvalue weighted by Gasteiger charge is -2.28. The van der Waals surface area contributed by atoms with Crippen molar-refractivity contribution in [1.29, 1.82) is 0 Å². The molecule has 0 aliphatic carbocycles. The van der Waals surface area contributed by atoms with Crippen LogP contribution >= 0.6 is 12.2 Å². The molecule has 1 saturated heterocycles. The largest absolute Gasteiger partial charge is 0.465 e. The average Bonchev–Trinajstić information content (AvgIpc) is 3.08. The number of thiocarbonyl (C=S) groups is 1. The Hall–Kier alpha value is -3.85. The summed E-state index contributed by atoms with van der Waals surface area (Å²) in [4.78, 5) is 38.8. The van der Waals surface area contributed by atoms with E-state index in [-0.39, 0.29) is 29.5 Å². The zero-order valence-corrected chi connectivity index (χ0v) is 17.8. The Bertz CT molecular complexity index is 1300. The van der Waals surface area contributed by atoms with Crippen LogP contribution in [0.1, 0.15) is 12.5 Å². The molecule has 2 heterocycles. The average molecular weight is 451 g/mol. The van der Waals surface area contributed by atoms with E-state index in [0.29, 0.717) is 5.56 Å². The molecule has 3 aromatic rings. The van der Waals surface area contributed by atoms with Crippen molar-refractivity contribution in [2.45, 2.75) is 13.5 Å². The number of ether oxygens (including phenoxy) is 1. The fourth-order valence-electron chi connectivity index (χ4n) is 3.53. The molecule has 0 bridgehead atoms. The quantitative estimate of drug-likeness (QED) is 0.279. The third kappa shape index (κ3) is 4.02. The number of carbonyl (C=O) groups is 3. The van der Waals surface area contributed by atoms with Crippen LogP contribution in [0.3, 0.4) is 0 Å². The molecule has 1 aliphatic heterocycles. The SMILES string of the molecule is CCOC(=O)Cn1cc(/C=C2/C(=O)NC(=S)N(c3cccc(F)c3)C2=O)c2ccccc21. The molecule has 1 N–H and O–H groups in total. The summed E-state index contributed by atoms with van der Waals surface area (Å²) in [6, 6.07) is 12.7. The second-order valence-electron chi connectivity index (χ2n) is 6.97. The molecule has 1 aromatic heterocycles. The lowest BCUT2D eigenvalue weighted by molar-refractivity contribution is -0.143. The summed E-state index contributed by atoms with van der Waals surface area (Å²) >= 11 is 5.15. The summed E-state index contributed by atoms with van der Waals surface area (Å²) in [5.74, 6) is -2.27. The first-order valence-corrected chi connectivity index (χ1v) is 10.2. The molecule has 0 unspecified atom stereocenters. The van der Waals surface area contributed by atoms with Gasteiger partial charge in [0, 0.05) is 22.7 Å². The van der Waals surface area contributed by atoms with Crippen molar-refractivity contribution < 1.29 is 23.5 Å². The van der Waals surface area contributed by atoms with E-state index in [1.165, 1.54) is 24.3 Å². The number of esters is 1. The van der Waals surface area contributed by atoms with Crippen molar-refractivity contribution >= 4 is 57.8 Å². The summed E-state index contributed by atoms with van der Waals surface area (Å²) in [7, 11) is 0. The first kappa shape index (κ1) is 21.4. The lowest BCUT2D eigenvalue weighted by Crippen LogP contribution is -2.54. The maximum atomic E-state index is 13.7. The van der Waals surface area contributed by atoms with Crippen molar-refractivity contribution in [2.75, 3.05) is 11.5 Å². The van der Waals surface area contributed by atoms with Gasteiger partial charge in [0.25, 0.3) is 11.8 Å². The Morgan fingerprint density at radius 1 is 1.19 bits per heavy atom. The van der Waals surface area contributed by atoms with Crippen LogP contribution in [-0.4, -0.2) is 34.1 Å². The molecule has 0 saturated carbocycles. The number of hydrogen-bond donors (Lipinski definition) is 1. The number of benzene rings is 2. The van der Waals surface area contributed by atoms with Gasteiger partial charge in [0.05, 0.1) is 12.3 Å². The molecule has 2 aromatic carbocycles. The number of rotatable bonds is 5. The van der Waals surface area contributed by atoms with Gasteiger partial charge in [0.1, 0.15) is 17.9 Å². The number of nitrogens with zero attached hydrogens (tertiary/aromatic N) is 2. The van der Waals surface area contributed by atoms with Gasteiger partial charge in [0.15, 0.2) is 5.11 Å². The predicted molar refractivity (Wildman–Crippen MR) is 121 cm³/mol. The topological polar surface area (TPSA) is 80.6 Å². The normalized spacial score (nSPS) is 15.4. The van der Waals surface area contributed by atoms with Crippen molar-refractivity contribution in [3.05, 3.63) is 71.7 Å². The monoisotopic (exact) mass is 451 g/mol. The molecule has 4 rings (SSSR count). The lowest BCUT2D eigenvalue weighted by atomic mass is 10.1. The van der Waals surface area contributed by atoms with Crippen LogP contribution < -0.4 is 10.2 Å². The Labute approximate surface area is 188 Å². The van der Waals surface area contributed by atoms with Crippen LogP contribution in [-0.2, 0) is 25.7 Å². The molecule has 7 nitrogen and oxygen atoms in total. The number of anilines is 1.